The molecule has 0 saturated carbocycles. The SMILES string of the molecule is CC(C)(C)c1cc(N2CCC(C)(S(=O)(=O)c3ccc(Cl)cc3)C2=O)on1.CC(C)(C)c1cc(NC(=O)C(C)(CCO)S(=O)(=O)c2ccc(Cl)cc2)on1.c1ccc(P(c2ccccc2)c2ccccc2)cc1. The van der Waals surface area contributed by atoms with E-state index in [1.165, 1.54) is 83.2 Å². The molecule has 0 bridgehead atoms. The van der Waals surface area contributed by atoms with E-state index in [-0.39, 0.29) is 51.8 Å². The number of carbonyl (C=O) groups is 2. The van der Waals surface area contributed by atoms with E-state index in [0.717, 1.165) is 0 Å². The summed E-state index contributed by atoms with van der Waals surface area (Å²) in [6.45, 7) is 14.2. The Balaban J connectivity index is 0.000000179. The number of amides is 2. The number of anilines is 2. The molecule has 7 aromatic rings. The normalized spacial score (nSPS) is 16.0. The zero-order valence-corrected chi connectivity index (χ0v) is 45.4. The molecule has 1 saturated heterocycles. The summed E-state index contributed by atoms with van der Waals surface area (Å²) in [7, 11) is -8.44. The first-order valence-corrected chi connectivity index (χ1v) is 28.0. The summed E-state index contributed by atoms with van der Waals surface area (Å²) in [6, 6.07) is 46.9. The van der Waals surface area contributed by atoms with Crippen molar-refractivity contribution < 1.29 is 40.6 Å². The number of nitrogens with zero attached hydrogens (tertiary/aromatic N) is 3. The molecule has 2 aromatic heterocycles. The number of sulfone groups is 2. The van der Waals surface area contributed by atoms with Crippen LogP contribution in [0, 0.1) is 0 Å². The van der Waals surface area contributed by atoms with Crippen molar-refractivity contribution >= 4 is 90.3 Å². The Morgan fingerprint density at radius 2 is 1.11 bits per heavy atom. The van der Waals surface area contributed by atoms with Crippen molar-refractivity contribution in [3.8, 4) is 0 Å². The number of halogens is 2. The predicted molar refractivity (Wildman–Crippen MR) is 287 cm³/mol. The lowest BCUT2D eigenvalue weighted by molar-refractivity contribution is -0.119. The molecule has 18 heteroatoms. The van der Waals surface area contributed by atoms with E-state index in [4.69, 9.17) is 32.2 Å². The van der Waals surface area contributed by atoms with Gasteiger partial charge in [0, 0.05) is 46.2 Å². The average molecular weight is 1070 g/mol. The molecule has 1 aliphatic heterocycles. The van der Waals surface area contributed by atoms with Gasteiger partial charge in [0.15, 0.2) is 29.2 Å². The van der Waals surface area contributed by atoms with Gasteiger partial charge in [-0.15, -0.1) is 0 Å². The third-order valence-corrected chi connectivity index (χ3v) is 20.0. The summed E-state index contributed by atoms with van der Waals surface area (Å²) in [4.78, 5) is 27.2. The minimum Gasteiger partial charge on any atom is -0.396 e. The lowest BCUT2D eigenvalue weighted by Gasteiger charge is -2.27. The highest BCUT2D eigenvalue weighted by molar-refractivity contribution is 7.94. The van der Waals surface area contributed by atoms with Gasteiger partial charge in [-0.1, -0.05) is 166 Å². The maximum atomic E-state index is 13.1. The summed E-state index contributed by atoms with van der Waals surface area (Å²) in [5.74, 6) is -1.01. The van der Waals surface area contributed by atoms with Gasteiger partial charge >= 0.3 is 0 Å². The monoisotopic (exact) mass is 1070 g/mol. The molecule has 8 rings (SSSR count). The molecule has 2 N–H and O–H groups in total. The number of aliphatic hydroxyl groups excluding tert-OH is 1. The minimum absolute atomic E-state index is 0.0420. The predicted octanol–water partition coefficient (Wildman–Crippen LogP) is 10.2. The molecular formula is C54H59Cl2N4O9PS2. The highest BCUT2D eigenvalue weighted by atomic mass is 35.5. The van der Waals surface area contributed by atoms with Crippen LogP contribution in [0.3, 0.4) is 0 Å². The first kappa shape index (κ1) is 55.6. The molecule has 0 aliphatic carbocycles. The van der Waals surface area contributed by atoms with Crippen LogP contribution in [-0.2, 0) is 40.1 Å². The van der Waals surface area contributed by atoms with Gasteiger partial charge in [0.2, 0.25) is 17.7 Å². The number of aromatic nitrogens is 2. The van der Waals surface area contributed by atoms with Gasteiger partial charge < -0.3 is 14.2 Å². The molecule has 2 amide bonds. The minimum atomic E-state index is -4.11. The molecule has 2 unspecified atom stereocenters. The van der Waals surface area contributed by atoms with Crippen molar-refractivity contribution in [2.45, 2.75) is 98.3 Å². The van der Waals surface area contributed by atoms with Crippen LogP contribution in [-0.4, -0.2) is 66.7 Å². The molecule has 2 atom stereocenters. The number of carbonyl (C=O) groups excluding carboxylic acids is 2. The number of aliphatic hydroxyl groups is 1. The van der Waals surface area contributed by atoms with Crippen molar-refractivity contribution in [3.05, 3.63) is 173 Å². The van der Waals surface area contributed by atoms with E-state index >= 15 is 0 Å². The van der Waals surface area contributed by atoms with Crippen LogP contribution in [0.1, 0.15) is 79.6 Å². The third-order valence-electron chi connectivity index (χ3n) is 12.1. The molecule has 380 valence electrons. The van der Waals surface area contributed by atoms with E-state index in [9.17, 15) is 31.5 Å². The van der Waals surface area contributed by atoms with Crippen LogP contribution in [0.25, 0.3) is 0 Å². The van der Waals surface area contributed by atoms with Crippen molar-refractivity contribution in [2.75, 3.05) is 23.4 Å². The number of benzene rings is 5. The molecule has 1 aliphatic rings. The van der Waals surface area contributed by atoms with Gasteiger partial charge in [-0.25, -0.2) is 16.8 Å². The Hall–Kier alpha value is -5.67. The van der Waals surface area contributed by atoms with Crippen molar-refractivity contribution in [1.29, 1.82) is 0 Å². The van der Waals surface area contributed by atoms with Crippen LogP contribution in [0.2, 0.25) is 10.0 Å². The smallest absolute Gasteiger partial charge is 0.251 e. The highest BCUT2D eigenvalue weighted by Crippen LogP contribution is 2.39. The molecule has 72 heavy (non-hydrogen) atoms. The molecule has 0 radical (unpaired) electrons. The number of hydrogen-bond acceptors (Lipinski definition) is 11. The Bertz CT molecular complexity index is 3070. The highest BCUT2D eigenvalue weighted by Gasteiger charge is 2.54. The van der Waals surface area contributed by atoms with E-state index in [0.29, 0.717) is 21.4 Å². The second-order valence-electron chi connectivity index (χ2n) is 19.5. The first-order valence-electron chi connectivity index (χ1n) is 23.0. The van der Waals surface area contributed by atoms with Crippen molar-refractivity contribution in [1.82, 2.24) is 10.3 Å². The largest absolute Gasteiger partial charge is 0.396 e. The molecule has 3 heterocycles. The number of rotatable bonds is 12. The fourth-order valence-electron chi connectivity index (χ4n) is 7.47. The maximum Gasteiger partial charge on any atom is 0.251 e. The molecule has 0 spiro atoms. The second-order valence-corrected chi connectivity index (χ2v) is 27.3. The van der Waals surface area contributed by atoms with Gasteiger partial charge in [0.25, 0.3) is 5.91 Å². The van der Waals surface area contributed by atoms with E-state index in [2.05, 4.69) is 107 Å². The van der Waals surface area contributed by atoms with E-state index in [1.807, 2.05) is 41.5 Å². The van der Waals surface area contributed by atoms with E-state index < -0.39 is 55.5 Å². The zero-order valence-electron chi connectivity index (χ0n) is 41.3. The van der Waals surface area contributed by atoms with Crippen LogP contribution >= 0.6 is 31.1 Å². The first-order chi connectivity index (χ1) is 33.8. The Kier molecular flexibility index (Phi) is 17.5. The van der Waals surface area contributed by atoms with Gasteiger partial charge in [-0.2, -0.15) is 0 Å². The second kappa shape index (κ2) is 22.6. The summed E-state index contributed by atoms with van der Waals surface area (Å²) >= 11 is 11.7. The van der Waals surface area contributed by atoms with Gasteiger partial charge in [0.1, 0.15) is 0 Å². The quantitative estimate of drug-likeness (QED) is 0.111. The Morgan fingerprint density at radius 1 is 0.681 bits per heavy atom. The Morgan fingerprint density at radius 3 is 1.53 bits per heavy atom. The van der Waals surface area contributed by atoms with Crippen molar-refractivity contribution in [2.24, 2.45) is 0 Å². The molecule has 13 nitrogen and oxygen atoms in total. The van der Waals surface area contributed by atoms with Gasteiger partial charge in [-0.3, -0.25) is 19.8 Å². The lowest BCUT2D eigenvalue weighted by Crippen LogP contribution is -2.47. The van der Waals surface area contributed by atoms with Crippen LogP contribution < -0.4 is 26.1 Å². The van der Waals surface area contributed by atoms with Crippen LogP contribution in [0.15, 0.2) is 170 Å². The van der Waals surface area contributed by atoms with Crippen LogP contribution in [0.4, 0.5) is 11.8 Å². The molecule has 5 aromatic carbocycles. The van der Waals surface area contributed by atoms with Crippen LogP contribution in [0.5, 0.6) is 0 Å². The fraction of sp³-hybridized carbons (Fsp3) is 0.296. The summed E-state index contributed by atoms with van der Waals surface area (Å²) in [5.41, 5.74) is 0.788. The fourth-order valence-corrected chi connectivity index (χ4v) is 13.4. The lowest BCUT2D eigenvalue weighted by atomic mass is 9.92. The van der Waals surface area contributed by atoms with Gasteiger partial charge in [0.05, 0.1) is 21.2 Å². The average Bonchev–Trinajstić information content (AvgIpc) is 4.11. The Labute approximate surface area is 433 Å². The third kappa shape index (κ3) is 12.4. The van der Waals surface area contributed by atoms with Crippen molar-refractivity contribution in [3.63, 3.8) is 0 Å². The number of hydrogen-bond donors (Lipinski definition) is 2. The standard InChI is InChI=1S/C18H23ClN2O5S.C18H21ClN2O4S.C18H15P/c1-17(2,3)14-11-15(26-21-14)20-16(23)18(4,9-10-22)27(24,25)13-7-5-12(19)6-8-13;1-17(2,3)14-11-15(25-20-14)21-10-9-18(4,16(21)22)26(23,24)13-7-5-12(19)6-8-13;1-4-10-16(11-5-1)19(17-12-6-2-7-13-17)18-14-8-3-9-15-18/h5-8,11,22H,9-10H2,1-4H3,(H,20,23);5-8,11H,9-10H2,1-4H3;1-15H. The molecule has 1 fully saturated rings. The summed E-state index contributed by atoms with van der Waals surface area (Å²) < 4.78 is 59.3. The van der Waals surface area contributed by atoms with E-state index in [1.54, 1.807) is 12.1 Å². The maximum absolute atomic E-state index is 13.1. The summed E-state index contributed by atoms with van der Waals surface area (Å²) in [6.07, 6.45) is -0.119. The summed E-state index contributed by atoms with van der Waals surface area (Å²) in [5, 5.41) is 24.8. The van der Waals surface area contributed by atoms with Gasteiger partial charge in [-0.05, 0) is 99.1 Å². The topological polar surface area (TPSA) is 190 Å². The molecular weight excluding hydrogens is 1010 g/mol. The number of nitrogens with one attached hydrogen (secondary N) is 1. The zero-order chi connectivity index (χ0) is 52.7.